The molecule has 7 nitrogen and oxygen atoms in total. The molecule has 4 N–H and O–H groups in total. The van der Waals surface area contributed by atoms with Crippen LogP contribution in [0.15, 0.2) is 48.0 Å². The van der Waals surface area contributed by atoms with Crippen molar-refractivity contribution in [1.29, 1.82) is 0 Å². The second kappa shape index (κ2) is 8.20. The topological polar surface area (TPSA) is 96.7 Å². The van der Waals surface area contributed by atoms with Crippen molar-refractivity contribution in [3.8, 4) is 5.75 Å². The largest absolute Gasteiger partial charge is 0.411 e. The van der Waals surface area contributed by atoms with Crippen LogP contribution in [0.1, 0.15) is 48.9 Å². The molecule has 0 aliphatic carbocycles. The lowest BCUT2D eigenvalue weighted by atomic mass is 9.88. The quantitative estimate of drug-likeness (QED) is 0.662. The summed E-state index contributed by atoms with van der Waals surface area (Å²) in [5.41, 5.74) is 5.21. The van der Waals surface area contributed by atoms with Gasteiger partial charge in [-0.25, -0.2) is 4.79 Å². The van der Waals surface area contributed by atoms with Crippen LogP contribution in [0.25, 0.3) is 5.70 Å². The predicted octanol–water partition coefficient (Wildman–Crippen LogP) is 3.55. The van der Waals surface area contributed by atoms with E-state index < -0.39 is 0 Å². The molecule has 7 heteroatoms. The van der Waals surface area contributed by atoms with Crippen LogP contribution in [0.3, 0.4) is 0 Å². The number of carbonyl (C=O) groups is 2. The van der Waals surface area contributed by atoms with Crippen molar-refractivity contribution in [2.75, 3.05) is 11.4 Å². The van der Waals surface area contributed by atoms with Crippen LogP contribution in [0, 0.1) is 6.92 Å². The highest BCUT2D eigenvalue weighted by Gasteiger charge is 2.36. The Kier molecular flexibility index (Phi) is 5.46. The predicted molar refractivity (Wildman–Crippen MR) is 116 cm³/mol. The molecule has 2 aliphatic rings. The lowest BCUT2D eigenvalue weighted by molar-refractivity contribution is -0.118. The summed E-state index contributed by atoms with van der Waals surface area (Å²) in [6.07, 6.45) is 2.31. The summed E-state index contributed by atoms with van der Waals surface area (Å²) in [4.78, 5) is 32.2. The number of rotatable bonds is 5. The summed E-state index contributed by atoms with van der Waals surface area (Å²) in [7, 11) is 0. The third kappa shape index (κ3) is 3.52. The van der Waals surface area contributed by atoms with E-state index in [0.717, 1.165) is 46.5 Å². The van der Waals surface area contributed by atoms with E-state index in [1.54, 1.807) is 6.07 Å². The Morgan fingerprint density at radius 1 is 1.27 bits per heavy atom. The third-order valence-electron chi connectivity index (χ3n) is 5.68. The van der Waals surface area contributed by atoms with Gasteiger partial charge in [0.15, 0.2) is 0 Å². The number of benzene rings is 2. The van der Waals surface area contributed by atoms with Gasteiger partial charge in [-0.15, -0.1) is 0 Å². The van der Waals surface area contributed by atoms with E-state index in [-0.39, 0.29) is 18.0 Å². The molecule has 0 radical (unpaired) electrons. The maximum absolute atomic E-state index is 13.0. The highest BCUT2D eigenvalue weighted by molar-refractivity contribution is 6.02. The molecule has 0 spiro atoms. The molecule has 1 atom stereocenters. The van der Waals surface area contributed by atoms with Gasteiger partial charge in [0.25, 0.3) is 0 Å². The molecule has 30 heavy (non-hydrogen) atoms. The maximum atomic E-state index is 13.0. The average Bonchev–Trinajstić information content (AvgIpc) is 2.76. The zero-order valence-electron chi connectivity index (χ0n) is 17.2. The Bertz CT molecular complexity index is 1030. The van der Waals surface area contributed by atoms with Gasteiger partial charge >= 0.3 is 6.03 Å². The first-order valence-electron chi connectivity index (χ1n) is 10.2. The SMILES string of the molecule is CCCCC(=O)N1CC2=C(NC(=O)NC2c2ccc(ON)c(C)c2)c2ccccc21. The van der Waals surface area contributed by atoms with Gasteiger partial charge in [-0.3, -0.25) is 4.79 Å². The number of carbonyl (C=O) groups excluding carboxylic acids is 2. The molecule has 2 aliphatic heterocycles. The monoisotopic (exact) mass is 406 g/mol. The summed E-state index contributed by atoms with van der Waals surface area (Å²) in [6, 6.07) is 12.7. The Hall–Kier alpha value is -3.32. The number of nitrogens with one attached hydrogen (secondary N) is 2. The van der Waals surface area contributed by atoms with Gasteiger partial charge in [0.05, 0.1) is 24.0 Å². The van der Waals surface area contributed by atoms with Crippen molar-refractivity contribution in [2.45, 2.75) is 39.2 Å². The van der Waals surface area contributed by atoms with E-state index in [0.29, 0.717) is 18.7 Å². The number of fused-ring (bicyclic) bond motifs is 2. The molecule has 0 saturated carbocycles. The van der Waals surface area contributed by atoms with Gasteiger partial charge in [-0.2, -0.15) is 5.90 Å². The molecule has 4 rings (SSSR count). The number of aryl methyl sites for hydroxylation is 1. The zero-order chi connectivity index (χ0) is 21.3. The molecule has 0 saturated heterocycles. The van der Waals surface area contributed by atoms with E-state index in [4.69, 9.17) is 10.7 Å². The maximum Gasteiger partial charge on any atom is 0.320 e. The second-order valence-electron chi connectivity index (χ2n) is 7.68. The van der Waals surface area contributed by atoms with Gasteiger partial charge < -0.3 is 20.4 Å². The number of nitrogens with two attached hydrogens (primary N) is 1. The fourth-order valence-electron chi connectivity index (χ4n) is 4.13. The van der Waals surface area contributed by atoms with E-state index in [1.807, 2.05) is 48.2 Å². The molecular formula is C23H26N4O3. The van der Waals surface area contributed by atoms with Crippen LogP contribution in [0.5, 0.6) is 5.75 Å². The first-order chi connectivity index (χ1) is 14.5. The number of urea groups is 1. The van der Waals surface area contributed by atoms with Crippen molar-refractivity contribution in [3.05, 3.63) is 64.7 Å². The van der Waals surface area contributed by atoms with Crippen molar-refractivity contribution >= 4 is 23.3 Å². The Labute approximate surface area is 175 Å². The normalized spacial score (nSPS) is 17.6. The molecule has 0 fully saturated rings. The number of hydrogen-bond acceptors (Lipinski definition) is 4. The molecule has 3 amide bonds. The van der Waals surface area contributed by atoms with Gasteiger partial charge in [0.2, 0.25) is 5.91 Å². The summed E-state index contributed by atoms with van der Waals surface area (Å²) < 4.78 is 0. The molecule has 156 valence electrons. The van der Waals surface area contributed by atoms with Crippen LogP contribution in [0.4, 0.5) is 10.5 Å². The number of nitrogens with zero attached hydrogens (tertiary/aromatic N) is 1. The molecule has 1 unspecified atom stereocenters. The van der Waals surface area contributed by atoms with Gasteiger partial charge in [0, 0.05) is 17.6 Å². The molecule has 2 aromatic rings. The molecule has 0 aromatic heterocycles. The van der Waals surface area contributed by atoms with Crippen molar-refractivity contribution in [3.63, 3.8) is 0 Å². The summed E-state index contributed by atoms with van der Waals surface area (Å²) in [5.74, 6) is 5.99. The number of unbranched alkanes of at least 4 members (excludes halogenated alkanes) is 1. The van der Waals surface area contributed by atoms with E-state index in [2.05, 4.69) is 17.6 Å². The number of para-hydroxylation sites is 1. The van der Waals surface area contributed by atoms with Crippen molar-refractivity contribution in [2.24, 2.45) is 5.90 Å². The van der Waals surface area contributed by atoms with Crippen molar-refractivity contribution in [1.82, 2.24) is 10.6 Å². The lowest BCUT2D eigenvalue weighted by Crippen LogP contribution is -2.49. The minimum absolute atomic E-state index is 0.0922. The second-order valence-corrected chi connectivity index (χ2v) is 7.68. The molecule has 2 aromatic carbocycles. The van der Waals surface area contributed by atoms with E-state index in [9.17, 15) is 9.59 Å². The molecule has 2 heterocycles. The molecular weight excluding hydrogens is 380 g/mol. The first-order valence-corrected chi connectivity index (χ1v) is 10.2. The standard InChI is InChI=1S/C23H26N4O3/c1-3-4-9-20(28)27-13-17-21(15-10-11-19(30-24)14(2)12-15)25-23(29)26-22(17)16-7-5-6-8-18(16)27/h5-8,10-12,21H,3-4,9,13,24H2,1-2H3,(H2,25,26,29). The zero-order valence-corrected chi connectivity index (χ0v) is 17.2. The minimum atomic E-state index is -0.353. The minimum Gasteiger partial charge on any atom is -0.411 e. The average molecular weight is 406 g/mol. The summed E-state index contributed by atoms with van der Waals surface area (Å²) in [5, 5.41) is 5.97. The molecule has 0 bridgehead atoms. The summed E-state index contributed by atoms with van der Waals surface area (Å²) in [6.45, 7) is 4.40. The fourth-order valence-corrected chi connectivity index (χ4v) is 4.13. The van der Waals surface area contributed by atoms with Gasteiger partial charge in [0.1, 0.15) is 5.75 Å². The highest BCUT2D eigenvalue weighted by Crippen LogP contribution is 2.40. The van der Waals surface area contributed by atoms with Crippen molar-refractivity contribution < 1.29 is 14.4 Å². The number of amides is 3. The fraction of sp³-hybridized carbons (Fsp3) is 0.304. The Balaban J connectivity index is 1.80. The van der Waals surface area contributed by atoms with Crippen LogP contribution in [-0.2, 0) is 4.79 Å². The van der Waals surface area contributed by atoms with Crippen LogP contribution in [-0.4, -0.2) is 18.5 Å². The third-order valence-corrected chi connectivity index (χ3v) is 5.68. The van der Waals surface area contributed by atoms with Crippen LogP contribution in [0.2, 0.25) is 0 Å². The van der Waals surface area contributed by atoms with E-state index in [1.165, 1.54) is 0 Å². The van der Waals surface area contributed by atoms with Crippen LogP contribution >= 0.6 is 0 Å². The lowest BCUT2D eigenvalue weighted by Gasteiger charge is -2.39. The Morgan fingerprint density at radius 2 is 2.07 bits per heavy atom. The number of anilines is 1. The Morgan fingerprint density at radius 3 is 2.80 bits per heavy atom. The van der Waals surface area contributed by atoms with Crippen LogP contribution < -0.4 is 26.3 Å². The smallest absolute Gasteiger partial charge is 0.320 e. The van der Waals surface area contributed by atoms with Gasteiger partial charge in [-0.05, 0) is 42.7 Å². The number of hydrogen-bond donors (Lipinski definition) is 3. The summed E-state index contributed by atoms with van der Waals surface area (Å²) >= 11 is 0. The van der Waals surface area contributed by atoms with Gasteiger partial charge in [-0.1, -0.05) is 37.6 Å². The van der Waals surface area contributed by atoms with E-state index >= 15 is 0 Å². The highest BCUT2D eigenvalue weighted by atomic mass is 16.6. The first kappa shape index (κ1) is 20.0.